The lowest BCUT2D eigenvalue weighted by Crippen LogP contribution is -2.43. The van der Waals surface area contributed by atoms with Crippen molar-refractivity contribution in [1.82, 2.24) is 14.5 Å². The molecule has 0 bridgehead atoms. The maximum atomic E-state index is 13.3. The molecule has 1 aromatic carbocycles. The molecule has 0 spiro atoms. The number of Topliss-reactive ketones (excluding diaryl/α,β-unsaturated/α-hetero) is 1. The maximum Gasteiger partial charge on any atom is 0.254 e. The van der Waals surface area contributed by atoms with E-state index in [2.05, 4.69) is 0 Å². The number of hydrogen-bond donors (Lipinski definition) is 2. The van der Waals surface area contributed by atoms with E-state index >= 15 is 0 Å². The zero-order valence-corrected chi connectivity index (χ0v) is 17.9. The summed E-state index contributed by atoms with van der Waals surface area (Å²) in [4.78, 5) is 32.6. The lowest BCUT2D eigenvalue weighted by atomic mass is 9.77. The Kier molecular flexibility index (Phi) is 4.32. The van der Waals surface area contributed by atoms with Gasteiger partial charge >= 0.3 is 0 Å². The van der Waals surface area contributed by atoms with Crippen molar-refractivity contribution >= 4 is 16.7 Å². The zero-order valence-electron chi connectivity index (χ0n) is 17.9. The van der Waals surface area contributed by atoms with Gasteiger partial charge in [0.05, 0.1) is 23.4 Å². The lowest BCUT2D eigenvalue weighted by molar-refractivity contribution is -0.140. The third-order valence-corrected chi connectivity index (χ3v) is 6.63. The van der Waals surface area contributed by atoms with E-state index < -0.39 is 5.60 Å². The van der Waals surface area contributed by atoms with Crippen LogP contribution >= 0.6 is 0 Å². The number of aromatic nitrogens is 2. The molecule has 3 aromatic rings. The van der Waals surface area contributed by atoms with Gasteiger partial charge in [-0.2, -0.15) is 0 Å². The van der Waals surface area contributed by atoms with Gasteiger partial charge in [-0.3, -0.25) is 9.59 Å². The predicted molar refractivity (Wildman–Crippen MR) is 117 cm³/mol. The molecule has 1 aliphatic heterocycles. The molecule has 0 fully saturated rings. The number of rotatable bonds is 3. The zero-order chi connectivity index (χ0) is 22.1. The Balaban J connectivity index is 1.75. The number of nitrogens with zero attached hydrogens (tertiary/aromatic N) is 3. The van der Waals surface area contributed by atoms with Crippen molar-refractivity contribution in [2.45, 2.75) is 44.9 Å². The summed E-state index contributed by atoms with van der Waals surface area (Å²) in [5.74, 6) is -0.0158. The van der Waals surface area contributed by atoms with E-state index in [-0.39, 0.29) is 29.9 Å². The molecule has 31 heavy (non-hydrogen) atoms. The summed E-state index contributed by atoms with van der Waals surface area (Å²) >= 11 is 0. The van der Waals surface area contributed by atoms with Crippen LogP contribution in [0.25, 0.3) is 22.3 Å². The largest absolute Gasteiger partial charge is 0.508 e. The van der Waals surface area contributed by atoms with Crippen LogP contribution in [-0.2, 0) is 29.9 Å². The number of phenolic OH excluding ortho intramolecular Hbond substituents is 1. The minimum atomic E-state index is -1.62. The Bertz CT molecular complexity index is 1320. The van der Waals surface area contributed by atoms with E-state index in [0.29, 0.717) is 42.0 Å². The van der Waals surface area contributed by atoms with Crippen LogP contribution in [0.3, 0.4) is 0 Å². The molecule has 0 saturated heterocycles. The molecule has 0 saturated carbocycles. The van der Waals surface area contributed by atoms with Gasteiger partial charge in [0.2, 0.25) is 0 Å². The first kappa shape index (κ1) is 19.9. The van der Waals surface area contributed by atoms with Crippen molar-refractivity contribution in [2.24, 2.45) is 0 Å². The minimum absolute atomic E-state index is 0.162. The number of fused-ring (bicyclic) bond motifs is 5. The van der Waals surface area contributed by atoms with Crippen LogP contribution in [0.5, 0.6) is 5.75 Å². The molecule has 1 atom stereocenters. The average molecular weight is 419 g/mol. The maximum absolute atomic E-state index is 13.3. The Hall–Kier alpha value is -3.03. The molecular formula is C24H25N3O4. The first-order valence-corrected chi connectivity index (χ1v) is 10.6. The van der Waals surface area contributed by atoms with Gasteiger partial charge in [0.25, 0.3) is 5.56 Å². The highest BCUT2D eigenvalue weighted by atomic mass is 16.3. The van der Waals surface area contributed by atoms with Gasteiger partial charge < -0.3 is 19.7 Å². The van der Waals surface area contributed by atoms with Gasteiger partial charge in [0, 0.05) is 40.6 Å². The summed E-state index contributed by atoms with van der Waals surface area (Å²) in [5, 5.41) is 22.3. The molecule has 7 heteroatoms. The van der Waals surface area contributed by atoms with E-state index in [0.717, 1.165) is 22.0 Å². The van der Waals surface area contributed by atoms with Crippen LogP contribution in [0.2, 0.25) is 0 Å². The van der Waals surface area contributed by atoms with Gasteiger partial charge in [-0.15, -0.1) is 0 Å². The molecular weight excluding hydrogens is 394 g/mol. The predicted octanol–water partition coefficient (Wildman–Crippen LogP) is 2.31. The molecule has 7 nitrogen and oxygen atoms in total. The summed E-state index contributed by atoms with van der Waals surface area (Å²) in [6.07, 6.45) is 0.753. The Morgan fingerprint density at radius 3 is 2.68 bits per heavy atom. The van der Waals surface area contributed by atoms with E-state index in [1.807, 2.05) is 25.1 Å². The highest BCUT2D eigenvalue weighted by Gasteiger charge is 2.43. The fourth-order valence-corrected chi connectivity index (χ4v) is 4.97. The third kappa shape index (κ3) is 2.77. The quantitative estimate of drug-likeness (QED) is 0.529. The number of phenols is 1. The van der Waals surface area contributed by atoms with E-state index in [1.165, 1.54) is 0 Å². The summed E-state index contributed by atoms with van der Waals surface area (Å²) in [7, 11) is 3.88. The van der Waals surface area contributed by atoms with Crippen LogP contribution in [0.15, 0.2) is 29.1 Å². The first-order valence-electron chi connectivity index (χ1n) is 10.6. The fraction of sp³-hybridized carbons (Fsp3) is 0.375. The van der Waals surface area contributed by atoms with Gasteiger partial charge in [-0.05, 0) is 51.2 Å². The number of benzene rings is 1. The average Bonchev–Trinajstić information content (AvgIpc) is 3.10. The van der Waals surface area contributed by atoms with Crippen molar-refractivity contribution in [3.05, 3.63) is 56.9 Å². The van der Waals surface area contributed by atoms with E-state index in [9.17, 15) is 19.8 Å². The molecule has 2 aliphatic rings. The van der Waals surface area contributed by atoms with Crippen molar-refractivity contribution < 1.29 is 15.0 Å². The number of carbonyl (C=O) groups excluding carboxylic acids is 1. The Labute approximate surface area is 179 Å². The highest BCUT2D eigenvalue weighted by Crippen LogP contribution is 2.40. The van der Waals surface area contributed by atoms with Crippen LogP contribution in [-0.4, -0.2) is 44.5 Å². The second kappa shape index (κ2) is 6.73. The van der Waals surface area contributed by atoms with Crippen LogP contribution < -0.4 is 5.56 Å². The molecule has 0 amide bonds. The second-order valence-electron chi connectivity index (χ2n) is 8.81. The molecule has 160 valence electrons. The summed E-state index contributed by atoms with van der Waals surface area (Å²) < 4.78 is 1.69. The van der Waals surface area contributed by atoms with Gasteiger partial charge in [-0.25, -0.2) is 4.98 Å². The number of hydrogen-bond acceptors (Lipinski definition) is 6. The van der Waals surface area contributed by atoms with E-state index in [1.54, 1.807) is 29.7 Å². The smallest absolute Gasteiger partial charge is 0.254 e. The van der Waals surface area contributed by atoms with Crippen molar-refractivity contribution in [2.75, 3.05) is 14.1 Å². The summed E-state index contributed by atoms with van der Waals surface area (Å²) in [6.45, 7) is 2.71. The molecule has 0 unspecified atom stereocenters. The number of aromatic hydroxyl groups is 1. The number of aliphatic hydroxyl groups is 1. The molecule has 5 rings (SSSR count). The molecule has 2 aromatic heterocycles. The summed E-state index contributed by atoms with van der Waals surface area (Å²) in [6, 6.07) is 7.20. The molecule has 1 aliphatic carbocycles. The monoisotopic (exact) mass is 419 g/mol. The molecule has 2 N–H and O–H groups in total. The minimum Gasteiger partial charge on any atom is -0.508 e. The fourth-order valence-electron chi connectivity index (χ4n) is 4.97. The van der Waals surface area contributed by atoms with Crippen molar-refractivity contribution in [3.63, 3.8) is 0 Å². The number of carbonyl (C=O) groups is 1. The first-order chi connectivity index (χ1) is 14.7. The number of ketones is 1. The molecule has 0 radical (unpaired) electrons. The van der Waals surface area contributed by atoms with Crippen molar-refractivity contribution in [3.8, 4) is 17.1 Å². The standard InChI is InChI=1S/C24H25N3O4/c1-4-24(31)17-10-19-22-13(11-27(19)23(30)14(17)5-8-21(24)29)9-15-16(12-26(2)3)20(28)7-6-18(15)25-22/h6-7,9-10,28,31H,4-5,8,11-12H2,1-3H3/t24-/m1/s1. The normalized spacial score (nSPS) is 19.6. The SMILES string of the molecule is CC[C@]1(O)C(=O)CCc2c1cc1n(c2=O)Cc2cc3c(CN(C)C)c(O)ccc3nc2-1. The third-order valence-electron chi connectivity index (χ3n) is 6.63. The topological polar surface area (TPSA) is 95.7 Å². The Morgan fingerprint density at radius 2 is 1.97 bits per heavy atom. The Morgan fingerprint density at radius 1 is 1.19 bits per heavy atom. The van der Waals surface area contributed by atoms with Crippen molar-refractivity contribution in [1.29, 1.82) is 0 Å². The van der Waals surface area contributed by atoms with Crippen LogP contribution in [0.4, 0.5) is 0 Å². The second-order valence-corrected chi connectivity index (χ2v) is 8.81. The molecule has 3 heterocycles. The van der Waals surface area contributed by atoms with Gasteiger partial charge in [0.15, 0.2) is 5.78 Å². The van der Waals surface area contributed by atoms with Gasteiger partial charge in [0.1, 0.15) is 11.4 Å². The van der Waals surface area contributed by atoms with Gasteiger partial charge in [-0.1, -0.05) is 6.92 Å². The summed E-state index contributed by atoms with van der Waals surface area (Å²) in [5.41, 5.74) is 2.91. The highest BCUT2D eigenvalue weighted by molar-refractivity contribution is 5.92. The number of pyridine rings is 2. The van der Waals surface area contributed by atoms with E-state index in [4.69, 9.17) is 4.98 Å². The van der Waals surface area contributed by atoms with Crippen LogP contribution in [0.1, 0.15) is 42.0 Å². The van der Waals surface area contributed by atoms with Crippen LogP contribution in [0, 0.1) is 0 Å². The lowest BCUT2D eigenvalue weighted by Gasteiger charge is -2.32.